The number of nitrogens with zero attached hydrogens (tertiary/aromatic N) is 4. The SMILES string of the molecule is C[C@H]1CCCN(CC(C)(C)NC(=O)c2cc(-c3ccncc3)c3cnccc3n2)C1. The van der Waals surface area contributed by atoms with Crippen molar-refractivity contribution < 1.29 is 4.79 Å². The Balaban J connectivity index is 1.60. The first-order chi connectivity index (χ1) is 14.4. The van der Waals surface area contributed by atoms with Gasteiger partial charge in [-0.25, -0.2) is 4.98 Å². The first-order valence-electron chi connectivity index (χ1n) is 10.6. The minimum Gasteiger partial charge on any atom is -0.345 e. The number of likely N-dealkylation sites (tertiary alicyclic amines) is 1. The lowest BCUT2D eigenvalue weighted by atomic mass is 9.97. The van der Waals surface area contributed by atoms with Crippen molar-refractivity contribution in [3.63, 3.8) is 0 Å². The molecular weight excluding hydrogens is 374 g/mol. The van der Waals surface area contributed by atoms with E-state index in [9.17, 15) is 4.79 Å². The zero-order valence-electron chi connectivity index (χ0n) is 17.9. The molecule has 6 nitrogen and oxygen atoms in total. The van der Waals surface area contributed by atoms with Gasteiger partial charge in [0.1, 0.15) is 5.69 Å². The maximum absolute atomic E-state index is 13.2. The number of fused-ring (bicyclic) bond motifs is 1. The molecule has 1 atom stereocenters. The molecule has 1 N–H and O–H groups in total. The second-order valence-corrected chi connectivity index (χ2v) is 9.00. The van der Waals surface area contributed by atoms with Crippen LogP contribution in [0.2, 0.25) is 0 Å². The summed E-state index contributed by atoms with van der Waals surface area (Å²) in [6, 6.07) is 7.57. The molecule has 6 heteroatoms. The summed E-state index contributed by atoms with van der Waals surface area (Å²) in [5.41, 5.74) is 2.75. The molecule has 1 aliphatic heterocycles. The van der Waals surface area contributed by atoms with Crippen LogP contribution in [0.15, 0.2) is 49.1 Å². The van der Waals surface area contributed by atoms with Crippen molar-refractivity contribution in [2.45, 2.75) is 39.2 Å². The van der Waals surface area contributed by atoms with Crippen LogP contribution in [0.1, 0.15) is 44.1 Å². The molecular formula is C24H29N5O. The Morgan fingerprint density at radius 1 is 1.20 bits per heavy atom. The van der Waals surface area contributed by atoms with Gasteiger partial charge in [-0.05, 0) is 74.5 Å². The number of carbonyl (C=O) groups is 1. The molecule has 0 radical (unpaired) electrons. The van der Waals surface area contributed by atoms with Crippen molar-refractivity contribution in [1.29, 1.82) is 0 Å². The Morgan fingerprint density at radius 3 is 2.73 bits per heavy atom. The minimum absolute atomic E-state index is 0.154. The van der Waals surface area contributed by atoms with Crippen LogP contribution in [0, 0.1) is 5.92 Å². The highest BCUT2D eigenvalue weighted by Crippen LogP contribution is 2.28. The Kier molecular flexibility index (Phi) is 5.77. The monoisotopic (exact) mass is 403 g/mol. The van der Waals surface area contributed by atoms with Crippen molar-refractivity contribution in [1.82, 2.24) is 25.2 Å². The Hall–Kier alpha value is -2.86. The van der Waals surface area contributed by atoms with Crippen LogP contribution in [-0.2, 0) is 0 Å². The predicted molar refractivity (Wildman–Crippen MR) is 119 cm³/mol. The van der Waals surface area contributed by atoms with Gasteiger partial charge in [0, 0.05) is 48.8 Å². The molecule has 1 fully saturated rings. The second-order valence-electron chi connectivity index (χ2n) is 9.00. The first kappa shape index (κ1) is 20.4. The van der Waals surface area contributed by atoms with Crippen LogP contribution in [-0.4, -0.2) is 50.9 Å². The highest BCUT2D eigenvalue weighted by atomic mass is 16.2. The van der Waals surface area contributed by atoms with E-state index in [1.54, 1.807) is 24.8 Å². The zero-order valence-corrected chi connectivity index (χ0v) is 17.9. The minimum atomic E-state index is -0.347. The first-order valence-corrected chi connectivity index (χ1v) is 10.6. The molecule has 156 valence electrons. The average molecular weight is 404 g/mol. The molecule has 1 aliphatic rings. The van der Waals surface area contributed by atoms with Crippen molar-refractivity contribution >= 4 is 16.8 Å². The fourth-order valence-electron chi connectivity index (χ4n) is 4.36. The quantitative estimate of drug-likeness (QED) is 0.699. The lowest BCUT2D eigenvalue weighted by Crippen LogP contribution is -2.53. The van der Waals surface area contributed by atoms with Crippen LogP contribution in [0.3, 0.4) is 0 Å². The lowest BCUT2D eigenvalue weighted by Gasteiger charge is -2.37. The second kappa shape index (κ2) is 8.48. The van der Waals surface area contributed by atoms with E-state index in [1.165, 1.54) is 12.8 Å². The van der Waals surface area contributed by atoms with E-state index >= 15 is 0 Å². The predicted octanol–water partition coefficient (Wildman–Crippen LogP) is 3.93. The average Bonchev–Trinajstić information content (AvgIpc) is 2.73. The van der Waals surface area contributed by atoms with E-state index in [2.05, 4.69) is 45.9 Å². The van der Waals surface area contributed by atoms with Gasteiger partial charge in [0.25, 0.3) is 5.91 Å². The van der Waals surface area contributed by atoms with Gasteiger partial charge in [-0.15, -0.1) is 0 Å². The fourth-order valence-corrected chi connectivity index (χ4v) is 4.36. The van der Waals surface area contributed by atoms with E-state index in [1.807, 2.05) is 24.3 Å². The molecule has 3 aromatic rings. The number of aromatic nitrogens is 3. The number of hydrogen-bond acceptors (Lipinski definition) is 5. The summed E-state index contributed by atoms with van der Waals surface area (Å²) < 4.78 is 0. The number of carbonyl (C=O) groups excluding carboxylic acids is 1. The molecule has 4 rings (SSSR count). The molecule has 0 spiro atoms. The van der Waals surface area contributed by atoms with E-state index in [-0.39, 0.29) is 11.4 Å². The highest BCUT2D eigenvalue weighted by molar-refractivity contribution is 6.01. The summed E-state index contributed by atoms with van der Waals surface area (Å²) >= 11 is 0. The fraction of sp³-hybridized carbons (Fsp3) is 0.417. The van der Waals surface area contributed by atoms with Gasteiger partial charge in [0.15, 0.2) is 0 Å². The summed E-state index contributed by atoms with van der Waals surface area (Å²) in [5.74, 6) is 0.558. The number of amides is 1. The van der Waals surface area contributed by atoms with E-state index in [0.717, 1.165) is 41.7 Å². The molecule has 1 saturated heterocycles. The smallest absolute Gasteiger partial charge is 0.270 e. The van der Waals surface area contributed by atoms with Crippen LogP contribution in [0.25, 0.3) is 22.0 Å². The third-order valence-corrected chi connectivity index (χ3v) is 5.65. The van der Waals surface area contributed by atoms with Crippen LogP contribution < -0.4 is 5.32 Å². The van der Waals surface area contributed by atoms with Gasteiger partial charge < -0.3 is 10.2 Å². The van der Waals surface area contributed by atoms with Gasteiger partial charge in [-0.3, -0.25) is 14.8 Å². The highest BCUT2D eigenvalue weighted by Gasteiger charge is 2.27. The molecule has 0 aliphatic carbocycles. The van der Waals surface area contributed by atoms with Gasteiger partial charge in [0.2, 0.25) is 0 Å². The molecule has 1 amide bonds. The standard InChI is InChI=1S/C24H29N5O/c1-17-5-4-12-29(15-17)16-24(2,3)28-23(30)22-13-19(18-6-9-25-10-7-18)20-14-26-11-8-21(20)27-22/h6-11,13-14,17H,4-5,12,15-16H2,1-3H3,(H,28,30)/t17-/m0/s1. The molecule has 4 heterocycles. The zero-order chi connectivity index (χ0) is 21.1. The van der Waals surface area contributed by atoms with Crippen molar-refractivity contribution in [2.75, 3.05) is 19.6 Å². The Morgan fingerprint density at radius 2 is 1.97 bits per heavy atom. The third kappa shape index (κ3) is 4.65. The maximum Gasteiger partial charge on any atom is 0.270 e. The Bertz CT molecular complexity index is 1030. The number of hydrogen-bond donors (Lipinski definition) is 1. The third-order valence-electron chi connectivity index (χ3n) is 5.65. The van der Waals surface area contributed by atoms with Gasteiger partial charge in [0.05, 0.1) is 5.52 Å². The van der Waals surface area contributed by atoms with Gasteiger partial charge in [-0.1, -0.05) is 6.92 Å². The van der Waals surface area contributed by atoms with Crippen molar-refractivity contribution in [2.24, 2.45) is 5.92 Å². The summed E-state index contributed by atoms with van der Waals surface area (Å²) in [4.78, 5) is 28.6. The van der Waals surface area contributed by atoms with Crippen molar-refractivity contribution in [3.8, 4) is 11.1 Å². The van der Waals surface area contributed by atoms with E-state index in [0.29, 0.717) is 11.6 Å². The van der Waals surface area contributed by atoms with Crippen LogP contribution >= 0.6 is 0 Å². The van der Waals surface area contributed by atoms with Crippen LogP contribution in [0.5, 0.6) is 0 Å². The molecule has 3 aromatic heterocycles. The van der Waals surface area contributed by atoms with Gasteiger partial charge >= 0.3 is 0 Å². The molecule has 0 unspecified atom stereocenters. The number of rotatable bonds is 5. The molecule has 0 aromatic carbocycles. The maximum atomic E-state index is 13.2. The van der Waals surface area contributed by atoms with Crippen molar-refractivity contribution in [3.05, 3.63) is 54.7 Å². The normalized spacial score (nSPS) is 17.8. The number of piperidine rings is 1. The van der Waals surface area contributed by atoms with E-state index < -0.39 is 0 Å². The summed E-state index contributed by atoms with van der Waals surface area (Å²) in [6.07, 6.45) is 9.51. The van der Waals surface area contributed by atoms with Gasteiger partial charge in [-0.2, -0.15) is 0 Å². The largest absolute Gasteiger partial charge is 0.345 e. The van der Waals surface area contributed by atoms with Crippen LogP contribution in [0.4, 0.5) is 0 Å². The molecule has 30 heavy (non-hydrogen) atoms. The number of pyridine rings is 3. The summed E-state index contributed by atoms with van der Waals surface area (Å²) in [6.45, 7) is 9.48. The summed E-state index contributed by atoms with van der Waals surface area (Å²) in [5, 5.41) is 4.13. The van der Waals surface area contributed by atoms with E-state index in [4.69, 9.17) is 0 Å². The number of nitrogens with one attached hydrogen (secondary N) is 1. The Labute approximate surface area is 177 Å². The molecule has 0 bridgehead atoms. The molecule has 0 saturated carbocycles. The lowest BCUT2D eigenvalue weighted by molar-refractivity contribution is 0.0858. The topological polar surface area (TPSA) is 71.0 Å². The summed E-state index contributed by atoms with van der Waals surface area (Å²) in [7, 11) is 0.